The van der Waals surface area contributed by atoms with Gasteiger partial charge in [-0.15, -0.1) is 0 Å². The molecule has 1 amide bonds. The predicted molar refractivity (Wildman–Crippen MR) is 77.1 cm³/mol. The van der Waals surface area contributed by atoms with Gasteiger partial charge >= 0.3 is 0 Å². The molecule has 104 valence electrons. The summed E-state index contributed by atoms with van der Waals surface area (Å²) in [5.41, 5.74) is 0.939. The Kier molecular flexibility index (Phi) is 5.19. The first-order valence-electron chi connectivity index (χ1n) is 6.92. The Balaban J connectivity index is 1.89. The van der Waals surface area contributed by atoms with Gasteiger partial charge in [0.05, 0.1) is 5.75 Å². The normalized spacial score (nSPS) is 19.5. The second-order valence-corrected chi connectivity index (χ2v) is 5.86. The van der Waals surface area contributed by atoms with Crippen LogP contribution in [0.15, 0.2) is 17.4 Å². The minimum Gasteiger partial charge on any atom is -0.339 e. The van der Waals surface area contributed by atoms with E-state index in [0.29, 0.717) is 17.0 Å². The molecule has 0 radical (unpaired) electrons. The van der Waals surface area contributed by atoms with Gasteiger partial charge < -0.3 is 4.90 Å². The van der Waals surface area contributed by atoms with Gasteiger partial charge in [0.2, 0.25) is 5.91 Å². The van der Waals surface area contributed by atoms with Gasteiger partial charge in [-0.05, 0) is 38.7 Å². The van der Waals surface area contributed by atoms with Gasteiger partial charge in [-0.2, -0.15) is 0 Å². The smallest absolute Gasteiger partial charge is 0.233 e. The summed E-state index contributed by atoms with van der Waals surface area (Å²) in [6, 6.07) is 2.30. The van der Waals surface area contributed by atoms with Gasteiger partial charge in [-0.3, -0.25) is 4.79 Å². The summed E-state index contributed by atoms with van der Waals surface area (Å²) >= 11 is 1.44. The second kappa shape index (κ2) is 6.89. The van der Waals surface area contributed by atoms with Crippen molar-refractivity contribution in [3.05, 3.63) is 18.0 Å². The highest BCUT2D eigenvalue weighted by molar-refractivity contribution is 7.99. The molecular formula is C14H21N3OS. The molecule has 1 fully saturated rings. The van der Waals surface area contributed by atoms with Gasteiger partial charge in [-0.1, -0.05) is 18.7 Å². The molecule has 2 heterocycles. The SMILES string of the molecule is CCC1CCCCN1C(=O)CSc1nccc(C)n1. The lowest BCUT2D eigenvalue weighted by atomic mass is 10.0. The topological polar surface area (TPSA) is 46.1 Å². The van der Waals surface area contributed by atoms with Gasteiger partial charge in [0.1, 0.15) is 0 Å². The van der Waals surface area contributed by atoms with Gasteiger partial charge in [0.25, 0.3) is 0 Å². The van der Waals surface area contributed by atoms with Crippen LogP contribution in [0.5, 0.6) is 0 Å². The van der Waals surface area contributed by atoms with Gasteiger partial charge in [0, 0.05) is 24.5 Å². The third-order valence-corrected chi connectivity index (χ3v) is 4.36. The zero-order chi connectivity index (χ0) is 13.7. The van der Waals surface area contributed by atoms with Crippen LogP contribution in [0, 0.1) is 6.92 Å². The van der Waals surface area contributed by atoms with Gasteiger partial charge in [-0.25, -0.2) is 9.97 Å². The van der Waals surface area contributed by atoms with Crippen LogP contribution >= 0.6 is 11.8 Å². The number of hydrogen-bond acceptors (Lipinski definition) is 4. The lowest BCUT2D eigenvalue weighted by molar-refractivity contribution is -0.132. The summed E-state index contributed by atoms with van der Waals surface area (Å²) in [6.45, 7) is 5.00. The number of nitrogens with zero attached hydrogens (tertiary/aromatic N) is 3. The number of piperidine rings is 1. The molecular weight excluding hydrogens is 258 g/mol. The zero-order valence-electron chi connectivity index (χ0n) is 11.6. The van der Waals surface area contributed by atoms with Crippen molar-refractivity contribution < 1.29 is 4.79 Å². The quantitative estimate of drug-likeness (QED) is 0.628. The van der Waals surface area contributed by atoms with E-state index in [1.807, 2.05) is 17.9 Å². The highest BCUT2D eigenvalue weighted by Gasteiger charge is 2.25. The van der Waals surface area contributed by atoms with Crippen LogP contribution in [0.3, 0.4) is 0 Å². The molecule has 5 heteroatoms. The van der Waals surface area contributed by atoms with Crippen LogP contribution in [0.1, 0.15) is 38.3 Å². The maximum Gasteiger partial charge on any atom is 0.233 e. The first-order chi connectivity index (χ1) is 9.20. The third-order valence-electron chi connectivity index (χ3n) is 3.52. The van der Waals surface area contributed by atoms with Crippen molar-refractivity contribution in [2.45, 2.75) is 50.7 Å². The maximum atomic E-state index is 12.3. The number of likely N-dealkylation sites (tertiary alicyclic amines) is 1. The van der Waals surface area contributed by atoms with Crippen LogP contribution < -0.4 is 0 Å². The number of aromatic nitrogens is 2. The molecule has 1 saturated heterocycles. The Morgan fingerprint density at radius 2 is 2.37 bits per heavy atom. The highest BCUT2D eigenvalue weighted by atomic mass is 32.2. The Morgan fingerprint density at radius 3 is 3.11 bits per heavy atom. The molecule has 4 nitrogen and oxygen atoms in total. The molecule has 1 aromatic heterocycles. The van der Waals surface area contributed by atoms with Crippen LogP contribution in [0.25, 0.3) is 0 Å². The lowest BCUT2D eigenvalue weighted by Crippen LogP contribution is -2.44. The predicted octanol–water partition coefficient (Wildman–Crippen LogP) is 2.67. The van der Waals surface area contributed by atoms with Crippen molar-refractivity contribution in [3.63, 3.8) is 0 Å². The van der Waals surface area contributed by atoms with E-state index < -0.39 is 0 Å². The average Bonchev–Trinajstić information content (AvgIpc) is 2.45. The molecule has 0 bridgehead atoms. The van der Waals surface area contributed by atoms with Crippen molar-refractivity contribution in [2.75, 3.05) is 12.3 Å². The second-order valence-electron chi connectivity index (χ2n) is 4.91. The fourth-order valence-corrected chi connectivity index (χ4v) is 3.22. The monoisotopic (exact) mass is 279 g/mol. The highest BCUT2D eigenvalue weighted by Crippen LogP contribution is 2.21. The summed E-state index contributed by atoms with van der Waals surface area (Å²) in [5, 5.41) is 0.693. The number of thioether (sulfide) groups is 1. The van der Waals surface area contributed by atoms with Crippen molar-refractivity contribution in [1.29, 1.82) is 0 Å². The van der Waals surface area contributed by atoms with Crippen LogP contribution in [-0.4, -0.2) is 39.1 Å². The van der Waals surface area contributed by atoms with E-state index in [0.717, 1.165) is 31.5 Å². The van der Waals surface area contributed by atoms with E-state index in [9.17, 15) is 4.79 Å². The number of amides is 1. The van der Waals surface area contributed by atoms with E-state index in [-0.39, 0.29) is 5.91 Å². The van der Waals surface area contributed by atoms with E-state index in [1.54, 1.807) is 6.20 Å². The number of aryl methyl sites for hydroxylation is 1. The first-order valence-corrected chi connectivity index (χ1v) is 7.91. The number of carbonyl (C=O) groups is 1. The molecule has 1 unspecified atom stereocenters. The first kappa shape index (κ1) is 14.3. The molecule has 2 rings (SSSR count). The third kappa shape index (κ3) is 3.93. The Hall–Kier alpha value is -1.10. The van der Waals surface area contributed by atoms with Crippen molar-refractivity contribution in [2.24, 2.45) is 0 Å². The van der Waals surface area contributed by atoms with Crippen LogP contribution in [0.4, 0.5) is 0 Å². The fraction of sp³-hybridized carbons (Fsp3) is 0.643. The van der Waals surface area contributed by atoms with E-state index in [2.05, 4.69) is 16.9 Å². The standard InChI is InChI=1S/C14H21N3OS/c1-3-12-6-4-5-9-17(12)13(18)10-19-14-15-8-7-11(2)16-14/h7-8,12H,3-6,9-10H2,1-2H3. The summed E-state index contributed by atoms with van der Waals surface area (Å²) in [6.07, 6.45) is 6.32. The van der Waals surface area contributed by atoms with Crippen LogP contribution in [-0.2, 0) is 4.79 Å². The van der Waals surface area contributed by atoms with E-state index in [1.165, 1.54) is 18.2 Å². The number of hydrogen-bond donors (Lipinski definition) is 0. The number of rotatable bonds is 4. The fourth-order valence-electron chi connectivity index (χ4n) is 2.46. The Morgan fingerprint density at radius 1 is 1.53 bits per heavy atom. The summed E-state index contributed by atoms with van der Waals surface area (Å²) < 4.78 is 0. The molecule has 0 spiro atoms. The van der Waals surface area contributed by atoms with E-state index >= 15 is 0 Å². The van der Waals surface area contributed by atoms with Crippen molar-refractivity contribution >= 4 is 17.7 Å². The number of carbonyl (C=O) groups excluding carboxylic acids is 1. The molecule has 0 aliphatic carbocycles. The van der Waals surface area contributed by atoms with Crippen LogP contribution in [0.2, 0.25) is 0 Å². The molecule has 1 aliphatic rings. The largest absolute Gasteiger partial charge is 0.339 e. The molecule has 1 atom stereocenters. The minimum atomic E-state index is 0.224. The minimum absolute atomic E-state index is 0.224. The Bertz CT molecular complexity index is 438. The lowest BCUT2D eigenvalue weighted by Gasteiger charge is -2.35. The average molecular weight is 279 g/mol. The molecule has 1 aliphatic heterocycles. The molecule has 0 N–H and O–H groups in total. The summed E-state index contributed by atoms with van der Waals surface area (Å²) in [5.74, 6) is 0.668. The Labute approximate surface area is 119 Å². The summed E-state index contributed by atoms with van der Waals surface area (Å²) in [7, 11) is 0. The molecule has 1 aromatic rings. The van der Waals surface area contributed by atoms with Gasteiger partial charge in [0.15, 0.2) is 5.16 Å². The van der Waals surface area contributed by atoms with E-state index in [4.69, 9.17) is 0 Å². The maximum absolute atomic E-state index is 12.3. The summed E-state index contributed by atoms with van der Waals surface area (Å²) in [4.78, 5) is 22.8. The zero-order valence-corrected chi connectivity index (χ0v) is 12.4. The molecule has 0 aromatic carbocycles. The van der Waals surface area contributed by atoms with Crippen molar-refractivity contribution in [1.82, 2.24) is 14.9 Å². The van der Waals surface area contributed by atoms with Crippen molar-refractivity contribution in [3.8, 4) is 0 Å². The molecule has 0 saturated carbocycles. The molecule has 19 heavy (non-hydrogen) atoms.